The third kappa shape index (κ3) is 2.63. The summed E-state index contributed by atoms with van der Waals surface area (Å²) in [5.41, 5.74) is 4.34. The Morgan fingerprint density at radius 2 is 2.05 bits per heavy atom. The first kappa shape index (κ1) is 14.0. The van der Waals surface area contributed by atoms with Crippen LogP contribution in [0.4, 0.5) is 5.82 Å². The van der Waals surface area contributed by atoms with Crippen molar-refractivity contribution in [3.05, 3.63) is 46.0 Å². The molecule has 0 saturated heterocycles. The summed E-state index contributed by atoms with van der Waals surface area (Å²) in [6.07, 6.45) is 1.58. The number of hydrogen-bond donors (Lipinski definition) is 1. The number of halogens is 1. The molecule has 5 nitrogen and oxygen atoms in total. The number of anilines is 1. The Morgan fingerprint density at radius 1 is 1.24 bits per heavy atom. The van der Waals surface area contributed by atoms with E-state index in [0.717, 1.165) is 26.9 Å². The summed E-state index contributed by atoms with van der Waals surface area (Å²) < 4.78 is 2.92. The number of aromatic nitrogens is 4. The van der Waals surface area contributed by atoms with E-state index in [1.54, 1.807) is 6.33 Å². The van der Waals surface area contributed by atoms with Gasteiger partial charge in [0.1, 0.15) is 12.1 Å². The molecule has 0 fully saturated rings. The lowest BCUT2D eigenvalue weighted by Gasteiger charge is -2.09. The molecule has 0 radical (unpaired) electrons. The van der Waals surface area contributed by atoms with Gasteiger partial charge in [-0.15, -0.1) is 0 Å². The summed E-state index contributed by atoms with van der Waals surface area (Å²) in [5, 5.41) is 8.84. The average molecular weight is 346 g/mol. The van der Waals surface area contributed by atoms with Gasteiger partial charge in [-0.05, 0) is 32.0 Å². The summed E-state index contributed by atoms with van der Waals surface area (Å²) in [6.45, 7) is 4.80. The molecule has 0 spiro atoms. The molecule has 1 N–H and O–H groups in total. The highest BCUT2D eigenvalue weighted by Gasteiger charge is 2.10. The van der Waals surface area contributed by atoms with Gasteiger partial charge in [-0.2, -0.15) is 5.10 Å². The monoisotopic (exact) mass is 345 g/mol. The van der Waals surface area contributed by atoms with Gasteiger partial charge in [-0.25, -0.2) is 9.97 Å². The first-order valence-electron chi connectivity index (χ1n) is 6.69. The van der Waals surface area contributed by atoms with Crippen LogP contribution in [-0.2, 0) is 13.6 Å². The van der Waals surface area contributed by atoms with E-state index in [1.165, 1.54) is 11.3 Å². The largest absolute Gasteiger partial charge is 0.365 e. The Bertz CT molecular complexity index is 809. The number of hydrogen-bond acceptors (Lipinski definition) is 4. The van der Waals surface area contributed by atoms with Crippen molar-refractivity contribution in [3.63, 3.8) is 0 Å². The van der Waals surface area contributed by atoms with Crippen LogP contribution in [0.15, 0.2) is 29.0 Å². The van der Waals surface area contributed by atoms with Gasteiger partial charge in [0, 0.05) is 34.7 Å². The number of benzene rings is 1. The average Bonchev–Trinajstić information content (AvgIpc) is 2.70. The molecule has 0 saturated carbocycles. The van der Waals surface area contributed by atoms with Crippen LogP contribution in [0.2, 0.25) is 0 Å². The molecule has 2 aromatic heterocycles. The molecule has 0 bridgehead atoms. The van der Waals surface area contributed by atoms with Crippen molar-refractivity contribution in [2.75, 3.05) is 5.32 Å². The van der Waals surface area contributed by atoms with E-state index in [9.17, 15) is 0 Å². The fourth-order valence-electron chi connectivity index (χ4n) is 2.42. The standard InChI is InChI=1S/C15H16BrN5/c1-9-13(10(2)21(3)20-9)7-17-15-12-6-11(16)4-5-14(12)18-8-19-15/h4-6,8H,7H2,1-3H3,(H,17,18,19). The van der Waals surface area contributed by atoms with Crippen molar-refractivity contribution in [3.8, 4) is 0 Å². The molecule has 6 heteroatoms. The highest BCUT2D eigenvalue weighted by Crippen LogP contribution is 2.24. The zero-order valence-electron chi connectivity index (χ0n) is 12.2. The third-order valence-corrected chi connectivity index (χ3v) is 4.18. The van der Waals surface area contributed by atoms with Crippen LogP contribution in [0.3, 0.4) is 0 Å². The lowest BCUT2D eigenvalue weighted by molar-refractivity contribution is 0.730. The Labute approximate surface area is 131 Å². The predicted molar refractivity (Wildman–Crippen MR) is 87.2 cm³/mol. The Morgan fingerprint density at radius 3 is 2.76 bits per heavy atom. The predicted octanol–water partition coefficient (Wildman–Crippen LogP) is 3.35. The lowest BCUT2D eigenvalue weighted by atomic mass is 10.2. The molecule has 3 aromatic rings. The number of nitrogens with zero attached hydrogens (tertiary/aromatic N) is 4. The van der Waals surface area contributed by atoms with Crippen molar-refractivity contribution in [1.82, 2.24) is 19.7 Å². The van der Waals surface area contributed by atoms with Gasteiger partial charge in [-0.3, -0.25) is 4.68 Å². The van der Waals surface area contributed by atoms with Crippen molar-refractivity contribution in [2.45, 2.75) is 20.4 Å². The van der Waals surface area contributed by atoms with Crippen molar-refractivity contribution < 1.29 is 0 Å². The molecule has 21 heavy (non-hydrogen) atoms. The minimum atomic E-state index is 0.699. The second kappa shape index (κ2) is 5.44. The van der Waals surface area contributed by atoms with E-state index < -0.39 is 0 Å². The van der Waals surface area contributed by atoms with Gasteiger partial charge < -0.3 is 5.32 Å². The summed E-state index contributed by atoms with van der Waals surface area (Å²) in [7, 11) is 1.96. The molecule has 2 heterocycles. The highest BCUT2D eigenvalue weighted by molar-refractivity contribution is 9.10. The van der Waals surface area contributed by atoms with Gasteiger partial charge >= 0.3 is 0 Å². The van der Waals surface area contributed by atoms with Crippen LogP contribution in [0.1, 0.15) is 17.0 Å². The topological polar surface area (TPSA) is 55.6 Å². The van der Waals surface area contributed by atoms with E-state index in [0.29, 0.717) is 6.54 Å². The van der Waals surface area contributed by atoms with E-state index in [1.807, 2.05) is 36.9 Å². The van der Waals surface area contributed by atoms with Gasteiger partial charge in [0.2, 0.25) is 0 Å². The maximum absolute atomic E-state index is 4.44. The molecule has 1 aromatic carbocycles. The van der Waals surface area contributed by atoms with Crippen LogP contribution in [0.5, 0.6) is 0 Å². The minimum absolute atomic E-state index is 0.699. The van der Waals surface area contributed by atoms with E-state index in [4.69, 9.17) is 0 Å². The second-order valence-corrected chi connectivity index (χ2v) is 5.93. The smallest absolute Gasteiger partial charge is 0.137 e. The van der Waals surface area contributed by atoms with Gasteiger partial charge in [0.25, 0.3) is 0 Å². The molecule has 108 valence electrons. The molecule has 0 atom stereocenters. The maximum Gasteiger partial charge on any atom is 0.137 e. The SMILES string of the molecule is Cc1nn(C)c(C)c1CNc1ncnc2ccc(Br)cc12. The number of nitrogens with one attached hydrogen (secondary N) is 1. The normalized spacial score (nSPS) is 11.0. The fourth-order valence-corrected chi connectivity index (χ4v) is 2.78. The Balaban J connectivity index is 1.93. The number of aryl methyl sites for hydroxylation is 2. The summed E-state index contributed by atoms with van der Waals surface area (Å²) in [6, 6.07) is 5.99. The molecule has 3 rings (SSSR count). The molecule has 0 amide bonds. The van der Waals surface area contributed by atoms with Crippen molar-refractivity contribution >= 4 is 32.7 Å². The molecular formula is C15H16BrN5. The lowest BCUT2D eigenvalue weighted by Crippen LogP contribution is -2.04. The van der Waals surface area contributed by atoms with Gasteiger partial charge in [0.15, 0.2) is 0 Å². The van der Waals surface area contributed by atoms with Crippen LogP contribution < -0.4 is 5.32 Å². The van der Waals surface area contributed by atoms with Gasteiger partial charge in [-0.1, -0.05) is 15.9 Å². The molecular weight excluding hydrogens is 330 g/mol. The summed E-state index contributed by atoms with van der Waals surface area (Å²) in [5.74, 6) is 0.837. The molecule has 0 aliphatic carbocycles. The first-order chi connectivity index (χ1) is 10.1. The molecule has 0 aliphatic heterocycles. The Hall–Kier alpha value is -1.95. The first-order valence-corrected chi connectivity index (χ1v) is 7.49. The zero-order chi connectivity index (χ0) is 15.0. The highest BCUT2D eigenvalue weighted by atomic mass is 79.9. The number of rotatable bonds is 3. The van der Waals surface area contributed by atoms with Crippen LogP contribution >= 0.6 is 15.9 Å². The van der Waals surface area contributed by atoms with E-state index in [-0.39, 0.29) is 0 Å². The third-order valence-electron chi connectivity index (χ3n) is 3.69. The minimum Gasteiger partial charge on any atom is -0.365 e. The van der Waals surface area contributed by atoms with E-state index in [2.05, 4.69) is 43.2 Å². The fraction of sp³-hybridized carbons (Fsp3) is 0.267. The molecule has 0 unspecified atom stereocenters. The van der Waals surface area contributed by atoms with E-state index >= 15 is 0 Å². The maximum atomic E-state index is 4.44. The van der Waals surface area contributed by atoms with Crippen LogP contribution in [0, 0.1) is 13.8 Å². The van der Waals surface area contributed by atoms with Crippen LogP contribution in [-0.4, -0.2) is 19.7 Å². The number of fused-ring (bicyclic) bond motifs is 1. The van der Waals surface area contributed by atoms with Crippen molar-refractivity contribution in [1.29, 1.82) is 0 Å². The quantitative estimate of drug-likeness (QED) is 0.790. The van der Waals surface area contributed by atoms with Crippen LogP contribution in [0.25, 0.3) is 10.9 Å². The van der Waals surface area contributed by atoms with Crippen molar-refractivity contribution in [2.24, 2.45) is 7.05 Å². The summed E-state index contributed by atoms with van der Waals surface area (Å²) >= 11 is 3.49. The second-order valence-electron chi connectivity index (χ2n) is 5.01. The Kier molecular flexibility index (Phi) is 3.63. The molecule has 0 aliphatic rings. The zero-order valence-corrected chi connectivity index (χ0v) is 13.8. The van der Waals surface area contributed by atoms with Gasteiger partial charge in [0.05, 0.1) is 11.2 Å². The summed E-state index contributed by atoms with van der Waals surface area (Å²) in [4.78, 5) is 8.65.